The van der Waals surface area contributed by atoms with Crippen molar-refractivity contribution in [3.63, 3.8) is 0 Å². The fourth-order valence-electron chi connectivity index (χ4n) is 3.87. The van der Waals surface area contributed by atoms with E-state index in [-0.39, 0.29) is 11.6 Å². The molecular formula is C22H24N4O. The molecule has 0 aliphatic carbocycles. The average molecular weight is 360 g/mol. The van der Waals surface area contributed by atoms with E-state index in [1.165, 1.54) is 10.1 Å². The van der Waals surface area contributed by atoms with Gasteiger partial charge in [0.05, 0.1) is 11.7 Å². The predicted octanol–water partition coefficient (Wildman–Crippen LogP) is 3.78. The van der Waals surface area contributed by atoms with E-state index >= 15 is 0 Å². The molecule has 0 bridgehead atoms. The number of aromatic nitrogens is 3. The number of hydrogen-bond donors (Lipinski definition) is 1. The van der Waals surface area contributed by atoms with Crippen LogP contribution < -0.4 is 5.56 Å². The number of H-pyrrole nitrogens is 1. The molecule has 0 unspecified atom stereocenters. The minimum atomic E-state index is -0.0767. The van der Waals surface area contributed by atoms with Crippen molar-refractivity contribution in [2.45, 2.75) is 38.4 Å². The molecule has 0 radical (unpaired) electrons. The van der Waals surface area contributed by atoms with E-state index in [0.29, 0.717) is 18.2 Å². The summed E-state index contributed by atoms with van der Waals surface area (Å²) < 4.78 is 1.49. The second kappa shape index (κ2) is 7.37. The van der Waals surface area contributed by atoms with E-state index in [1.54, 1.807) is 6.07 Å². The molecule has 0 saturated carbocycles. The van der Waals surface area contributed by atoms with Gasteiger partial charge in [0.25, 0.3) is 5.56 Å². The van der Waals surface area contributed by atoms with Gasteiger partial charge < -0.3 is 0 Å². The molecule has 2 atom stereocenters. The standard InChI is InChI=1S/C22H24N4O/c1-3-8-19-11-7-12-20(17-9-5-4-6-10-17)25(19)15-18-14-22(27)26-21(23-18)13-16(2)24-26/h3-7,9-10,12-14,19-20,24H,1,8,11,15H2,2H3/t19-,20+/m1/s1. The zero-order valence-corrected chi connectivity index (χ0v) is 15.5. The predicted molar refractivity (Wildman–Crippen MR) is 108 cm³/mol. The molecule has 3 aromatic rings. The number of nitrogens with one attached hydrogen (secondary N) is 1. The first-order valence-electron chi connectivity index (χ1n) is 9.32. The number of nitrogens with zero attached hydrogens (tertiary/aromatic N) is 3. The molecule has 138 valence electrons. The minimum absolute atomic E-state index is 0.0767. The summed E-state index contributed by atoms with van der Waals surface area (Å²) >= 11 is 0. The molecule has 1 aliphatic heterocycles. The summed E-state index contributed by atoms with van der Waals surface area (Å²) in [6, 6.07) is 14.5. The van der Waals surface area contributed by atoms with Crippen LogP contribution in [0.3, 0.4) is 0 Å². The van der Waals surface area contributed by atoms with Crippen molar-refractivity contribution in [3.8, 4) is 0 Å². The van der Waals surface area contributed by atoms with Crippen LogP contribution in [0.1, 0.15) is 35.8 Å². The van der Waals surface area contributed by atoms with Gasteiger partial charge in [-0.2, -0.15) is 0 Å². The molecule has 5 heteroatoms. The smallest absolute Gasteiger partial charge is 0.272 e. The lowest BCUT2D eigenvalue weighted by atomic mass is 9.94. The Morgan fingerprint density at radius 1 is 1.30 bits per heavy atom. The van der Waals surface area contributed by atoms with E-state index in [4.69, 9.17) is 4.98 Å². The maximum atomic E-state index is 12.5. The first kappa shape index (κ1) is 17.5. The lowest BCUT2D eigenvalue weighted by molar-refractivity contribution is 0.139. The van der Waals surface area contributed by atoms with E-state index in [9.17, 15) is 4.79 Å². The molecule has 2 aromatic heterocycles. The van der Waals surface area contributed by atoms with Crippen molar-refractivity contribution in [1.29, 1.82) is 0 Å². The van der Waals surface area contributed by atoms with Gasteiger partial charge in [-0.05, 0) is 25.3 Å². The number of aryl methyl sites for hydroxylation is 1. The zero-order chi connectivity index (χ0) is 18.8. The zero-order valence-electron chi connectivity index (χ0n) is 15.5. The molecule has 1 N–H and O–H groups in total. The van der Waals surface area contributed by atoms with Crippen LogP contribution in [-0.4, -0.2) is 25.5 Å². The lowest BCUT2D eigenvalue weighted by Crippen LogP contribution is -2.39. The largest absolute Gasteiger partial charge is 0.294 e. The highest BCUT2D eigenvalue weighted by atomic mass is 16.1. The Balaban J connectivity index is 1.72. The van der Waals surface area contributed by atoms with Crippen molar-refractivity contribution < 1.29 is 0 Å². The summed E-state index contributed by atoms with van der Waals surface area (Å²) in [5.41, 5.74) is 3.55. The monoisotopic (exact) mass is 360 g/mol. The summed E-state index contributed by atoms with van der Waals surface area (Å²) in [6.07, 6.45) is 8.35. The number of benzene rings is 1. The summed E-state index contributed by atoms with van der Waals surface area (Å²) in [6.45, 7) is 6.48. The van der Waals surface area contributed by atoms with Crippen LogP contribution in [0.4, 0.5) is 0 Å². The highest BCUT2D eigenvalue weighted by Gasteiger charge is 2.28. The molecule has 0 saturated heterocycles. The normalized spacial score (nSPS) is 20.2. The van der Waals surface area contributed by atoms with Crippen LogP contribution in [0.5, 0.6) is 0 Å². The maximum absolute atomic E-state index is 12.5. The third-order valence-corrected chi connectivity index (χ3v) is 5.11. The summed E-state index contributed by atoms with van der Waals surface area (Å²) in [4.78, 5) is 19.6. The molecule has 27 heavy (non-hydrogen) atoms. The summed E-state index contributed by atoms with van der Waals surface area (Å²) in [5.74, 6) is 0. The van der Waals surface area contributed by atoms with Crippen LogP contribution in [-0.2, 0) is 6.54 Å². The van der Waals surface area contributed by atoms with Crippen molar-refractivity contribution in [2.24, 2.45) is 0 Å². The number of rotatable bonds is 5. The average Bonchev–Trinajstić information content (AvgIpc) is 3.05. The molecule has 5 nitrogen and oxygen atoms in total. The molecule has 1 aromatic carbocycles. The molecule has 0 spiro atoms. The third-order valence-electron chi connectivity index (χ3n) is 5.11. The van der Waals surface area contributed by atoms with E-state index in [2.05, 4.69) is 53.0 Å². The molecule has 0 amide bonds. The van der Waals surface area contributed by atoms with Crippen LogP contribution in [0.15, 0.2) is 72.1 Å². The summed E-state index contributed by atoms with van der Waals surface area (Å²) in [5, 5.41) is 3.02. The van der Waals surface area contributed by atoms with Crippen LogP contribution >= 0.6 is 0 Å². The van der Waals surface area contributed by atoms with Gasteiger partial charge in [-0.1, -0.05) is 48.6 Å². The number of aromatic amines is 1. The number of hydrogen-bond acceptors (Lipinski definition) is 3. The lowest BCUT2D eigenvalue weighted by Gasteiger charge is -2.39. The Kier molecular flexibility index (Phi) is 4.77. The van der Waals surface area contributed by atoms with Gasteiger partial charge in [-0.3, -0.25) is 14.8 Å². The Morgan fingerprint density at radius 2 is 2.11 bits per heavy atom. The molecule has 3 heterocycles. The highest BCUT2D eigenvalue weighted by Crippen LogP contribution is 2.32. The quantitative estimate of drug-likeness (QED) is 0.705. The van der Waals surface area contributed by atoms with Crippen LogP contribution in [0, 0.1) is 6.92 Å². The van der Waals surface area contributed by atoms with Crippen molar-refractivity contribution in [2.75, 3.05) is 0 Å². The van der Waals surface area contributed by atoms with Gasteiger partial charge in [0.15, 0.2) is 5.65 Å². The molecule has 1 aliphatic rings. The molecular weight excluding hydrogens is 336 g/mol. The van der Waals surface area contributed by atoms with Gasteiger partial charge in [-0.15, -0.1) is 6.58 Å². The van der Waals surface area contributed by atoms with E-state index in [0.717, 1.165) is 24.2 Å². The Bertz CT molecular complexity index is 1030. The van der Waals surface area contributed by atoms with Crippen molar-refractivity contribution in [3.05, 3.63) is 94.6 Å². The van der Waals surface area contributed by atoms with E-state index < -0.39 is 0 Å². The second-order valence-electron chi connectivity index (χ2n) is 7.09. The van der Waals surface area contributed by atoms with E-state index in [1.807, 2.05) is 25.1 Å². The van der Waals surface area contributed by atoms with Crippen molar-refractivity contribution >= 4 is 5.65 Å². The second-order valence-corrected chi connectivity index (χ2v) is 7.09. The van der Waals surface area contributed by atoms with Crippen molar-refractivity contribution in [1.82, 2.24) is 19.5 Å². The molecule has 4 rings (SSSR count). The summed E-state index contributed by atoms with van der Waals surface area (Å²) in [7, 11) is 0. The van der Waals surface area contributed by atoms with Crippen LogP contribution in [0.2, 0.25) is 0 Å². The topological polar surface area (TPSA) is 53.4 Å². The Labute approximate surface area is 158 Å². The highest BCUT2D eigenvalue weighted by molar-refractivity contribution is 5.39. The SMILES string of the molecule is C=CC[C@@H]1CC=C[C@@H](c2ccccc2)N1Cc1cc(=O)n2[nH]c(C)cc2n1. The Morgan fingerprint density at radius 3 is 2.89 bits per heavy atom. The maximum Gasteiger partial charge on any atom is 0.272 e. The first-order chi connectivity index (χ1) is 13.2. The fourth-order valence-corrected chi connectivity index (χ4v) is 3.87. The minimum Gasteiger partial charge on any atom is -0.294 e. The van der Waals surface area contributed by atoms with Gasteiger partial charge in [-0.25, -0.2) is 9.50 Å². The third kappa shape index (κ3) is 3.51. The first-order valence-corrected chi connectivity index (χ1v) is 9.32. The Hall–Kier alpha value is -2.92. The van der Waals surface area contributed by atoms with Gasteiger partial charge in [0, 0.05) is 30.4 Å². The van der Waals surface area contributed by atoms with Crippen LogP contribution in [0.25, 0.3) is 5.65 Å². The molecule has 0 fully saturated rings. The fraction of sp³-hybridized carbons (Fsp3) is 0.273. The van der Waals surface area contributed by atoms with Gasteiger partial charge in [0.1, 0.15) is 0 Å². The number of fused-ring (bicyclic) bond motifs is 1. The van der Waals surface area contributed by atoms with Gasteiger partial charge >= 0.3 is 0 Å². The van der Waals surface area contributed by atoms with Gasteiger partial charge in [0.2, 0.25) is 0 Å².